The number of rotatable bonds is 4. The normalized spacial score (nSPS) is 22.6. The van der Waals surface area contributed by atoms with E-state index in [2.05, 4.69) is 27.6 Å². The van der Waals surface area contributed by atoms with Crippen molar-refractivity contribution in [1.82, 2.24) is 15.3 Å². The van der Waals surface area contributed by atoms with Gasteiger partial charge in [0.15, 0.2) is 5.82 Å². The van der Waals surface area contributed by atoms with Crippen LogP contribution in [0.1, 0.15) is 30.3 Å². The van der Waals surface area contributed by atoms with Gasteiger partial charge in [0.25, 0.3) is 5.91 Å². The summed E-state index contributed by atoms with van der Waals surface area (Å²) in [6.07, 6.45) is 5.05. The Labute approximate surface area is 93.6 Å². The number of nitrogens with two attached hydrogens (primary N) is 1. The molecule has 6 nitrogen and oxygen atoms in total. The molecule has 0 aliphatic heterocycles. The number of carbonyl (C=O) groups excluding carboxylic acids is 1. The summed E-state index contributed by atoms with van der Waals surface area (Å²) in [5.74, 6) is 6.01. The highest BCUT2D eigenvalue weighted by Gasteiger charge is 2.36. The van der Waals surface area contributed by atoms with Gasteiger partial charge in [0.05, 0.1) is 12.4 Å². The molecule has 1 saturated carbocycles. The highest BCUT2D eigenvalue weighted by molar-refractivity contribution is 5.92. The lowest BCUT2D eigenvalue weighted by Gasteiger charge is -2.04. The minimum atomic E-state index is -0.189. The second kappa shape index (κ2) is 4.44. The van der Waals surface area contributed by atoms with Crippen molar-refractivity contribution in [3.8, 4) is 0 Å². The molecule has 1 aromatic heterocycles. The van der Waals surface area contributed by atoms with Crippen LogP contribution < -0.4 is 16.6 Å². The molecule has 2 rings (SSSR count). The summed E-state index contributed by atoms with van der Waals surface area (Å²) >= 11 is 0. The van der Waals surface area contributed by atoms with Crippen LogP contribution >= 0.6 is 0 Å². The zero-order chi connectivity index (χ0) is 11.5. The van der Waals surface area contributed by atoms with Gasteiger partial charge < -0.3 is 10.7 Å². The number of nitrogens with one attached hydrogen (secondary N) is 2. The maximum absolute atomic E-state index is 11.7. The van der Waals surface area contributed by atoms with Gasteiger partial charge in [-0.25, -0.2) is 10.8 Å². The summed E-state index contributed by atoms with van der Waals surface area (Å²) in [6.45, 7) is 2.12. The Morgan fingerprint density at radius 3 is 3.06 bits per heavy atom. The highest BCUT2D eigenvalue weighted by atomic mass is 16.2. The molecule has 1 aromatic rings. The van der Waals surface area contributed by atoms with E-state index in [0.717, 1.165) is 12.8 Å². The average molecular weight is 221 g/mol. The Kier molecular flexibility index (Phi) is 3.00. The molecular formula is C10H15N5O. The van der Waals surface area contributed by atoms with Crippen LogP contribution in [0.4, 0.5) is 5.82 Å². The minimum Gasteiger partial charge on any atom is -0.348 e. The van der Waals surface area contributed by atoms with E-state index in [4.69, 9.17) is 5.84 Å². The van der Waals surface area contributed by atoms with Gasteiger partial charge in [-0.3, -0.25) is 9.78 Å². The van der Waals surface area contributed by atoms with Crippen LogP contribution in [0.15, 0.2) is 12.4 Å². The third-order valence-corrected chi connectivity index (χ3v) is 2.78. The van der Waals surface area contributed by atoms with Crippen molar-refractivity contribution in [2.75, 3.05) is 5.43 Å². The lowest BCUT2D eigenvalue weighted by Crippen LogP contribution is -2.28. The molecular weight excluding hydrogens is 206 g/mol. The number of aromatic nitrogens is 2. The zero-order valence-corrected chi connectivity index (χ0v) is 9.10. The van der Waals surface area contributed by atoms with Gasteiger partial charge in [-0.2, -0.15) is 0 Å². The Morgan fingerprint density at radius 1 is 1.62 bits per heavy atom. The van der Waals surface area contributed by atoms with E-state index in [0.29, 0.717) is 17.8 Å². The Morgan fingerprint density at radius 2 is 2.44 bits per heavy atom. The van der Waals surface area contributed by atoms with Gasteiger partial charge in [0, 0.05) is 6.04 Å². The maximum Gasteiger partial charge on any atom is 0.271 e. The van der Waals surface area contributed by atoms with Crippen LogP contribution in [-0.2, 0) is 0 Å². The van der Waals surface area contributed by atoms with E-state index in [9.17, 15) is 4.79 Å². The van der Waals surface area contributed by atoms with Crippen LogP contribution in [0.3, 0.4) is 0 Å². The maximum atomic E-state index is 11.7. The number of carbonyl (C=O) groups is 1. The first-order valence-corrected chi connectivity index (χ1v) is 5.34. The number of hydrogen-bond acceptors (Lipinski definition) is 5. The summed E-state index contributed by atoms with van der Waals surface area (Å²) in [4.78, 5) is 19.6. The van der Waals surface area contributed by atoms with Crippen LogP contribution in [0.5, 0.6) is 0 Å². The molecule has 0 radical (unpaired) electrons. The van der Waals surface area contributed by atoms with Gasteiger partial charge in [-0.15, -0.1) is 0 Å². The van der Waals surface area contributed by atoms with Crippen LogP contribution in [0.25, 0.3) is 0 Å². The molecule has 1 fully saturated rings. The highest BCUT2D eigenvalue weighted by Crippen LogP contribution is 2.33. The van der Waals surface area contributed by atoms with Gasteiger partial charge in [0.2, 0.25) is 0 Å². The monoisotopic (exact) mass is 221 g/mol. The third-order valence-electron chi connectivity index (χ3n) is 2.78. The first-order chi connectivity index (χ1) is 7.74. The quantitative estimate of drug-likeness (QED) is 0.502. The molecule has 1 amide bonds. The molecule has 2 atom stereocenters. The Hall–Kier alpha value is -1.69. The fraction of sp³-hybridized carbons (Fsp3) is 0.500. The number of hydrazine groups is 1. The second-order valence-electron chi connectivity index (χ2n) is 3.92. The summed E-state index contributed by atoms with van der Waals surface area (Å²) in [7, 11) is 0. The Balaban J connectivity index is 1.98. The van der Waals surface area contributed by atoms with Crippen molar-refractivity contribution in [2.24, 2.45) is 11.8 Å². The predicted molar refractivity (Wildman–Crippen MR) is 59.5 cm³/mol. The first kappa shape index (κ1) is 10.8. The van der Waals surface area contributed by atoms with E-state index in [1.54, 1.807) is 0 Å². The topological polar surface area (TPSA) is 92.9 Å². The van der Waals surface area contributed by atoms with Crippen molar-refractivity contribution >= 4 is 11.7 Å². The lowest BCUT2D eigenvalue weighted by atomic mass is 10.3. The summed E-state index contributed by atoms with van der Waals surface area (Å²) in [5.41, 5.74) is 2.65. The van der Waals surface area contributed by atoms with Crippen molar-refractivity contribution in [3.63, 3.8) is 0 Å². The number of anilines is 1. The standard InChI is InChI=1S/C10H15N5O/c1-2-6-3-7(6)14-10(16)8-4-12-5-9(13-8)15-11/h4-7H,2-3,11H2,1H3,(H,13,15)(H,14,16). The first-order valence-electron chi connectivity index (χ1n) is 5.34. The number of amides is 1. The molecule has 1 heterocycles. The fourth-order valence-electron chi connectivity index (χ4n) is 1.66. The van der Waals surface area contributed by atoms with E-state index >= 15 is 0 Å². The van der Waals surface area contributed by atoms with Crippen molar-refractivity contribution < 1.29 is 4.79 Å². The molecule has 0 spiro atoms. The van der Waals surface area contributed by atoms with Crippen molar-refractivity contribution in [3.05, 3.63) is 18.1 Å². The number of nitrogen functional groups attached to an aromatic ring is 1. The minimum absolute atomic E-state index is 0.189. The second-order valence-corrected chi connectivity index (χ2v) is 3.92. The molecule has 2 unspecified atom stereocenters. The Bertz CT molecular complexity index is 395. The van der Waals surface area contributed by atoms with Crippen LogP contribution in [0, 0.1) is 5.92 Å². The van der Waals surface area contributed by atoms with E-state index in [1.165, 1.54) is 12.4 Å². The third kappa shape index (κ3) is 2.27. The fourth-order valence-corrected chi connectivity index (χ4v) is 1.66. The molecule has 1 aliphatic carbocycles. The van der Waals surface area contributed by atoms with E-state index in [-0.39, 0.29) is 11.6 Å². The largest absolute Gasteiger partial charge is 0.348 e. The molecule has 16 heavy (non-hydrogen) atoms. The smallest absolute Gasteiger partial charge is 0.271 e. The molecule has 4 N–H and O–H groups in total. The van der Waals surface area contributed by atoms with Crippen LogP contribution in [-0.4, -0.2) is 21.9 Å². The zero-order valence-electron chi connectivity index (χ0n) is 9.10. The summed E-state index contributed by atoms with van der Waals surface area (Å²) in [5, 5.41) is 2.91. The number of nitrogens with zero attached hydrogens (tertiary/aromatic N) is 2. The number of hydrogen-bond donors (Lipinski definition) is 3. The SMILES string of the molecule is CCC1CC1NC(=O)c1cncc(NN)n1. The van der Waals surface area contributed by atoms with E-state index < -0.39 is 0 Å². The van der Waals surface area contributed by atoms with Crippen molar-refractivity contribution in [2.45, 2.75) is 25.8 Å². The van der Waals surface area contributed by atoms with Gasteiger partial charge in [0.1, 0.15) is 5.69 Å². The van der Waals surface area contributed by atoms with E-state index in [1.807, 2.05) is 0 Å². The molecule has 6 heteroatoms. The van der Waals surface area contributed by atoms with Gasteiger partial charge >= 0.3 is 0 Å². The predicted octanol–water partition coefficient (Wildman–Crippen LogP) is 0.290. The lowest BCUT2D eigenvalue weighted by molar-refractivity contribution is 0.0943. The molecule has 0 aromatic carbocycles. The molecule has 1 aliphatic rings. The molecule has 0 saturated heterocycles. The molecule has 0 bridgehead atoms. The average Bonchev–Trinajstić information content (AvgIpc) is 3.07. The van der Waals surface area contributed by atoms with Gasteiger partial charge in [-0.05, 0) is 12.3 Å². The van der Waals surface area contributed by atoms with Gasteiger partial charge in [-0.1, -0.05) is 13.3 Å². The van der Waals surface area contributed by atoms with Crippen LogP contribution in [0.2, 0.25) is 0 Å². The van der Waals surface area contributed by atoms with Crippen molar-refractivity contribution in [1.29, 1.82) is 0 Å². The summed E-state index contributed by atoms with van der Waals surface area (Å²) in [6, 6.07) is 0.300. The summed E-state index contributed by atoms with van der Waals surface area (Å²) < 4.78 is 0. The molecule has 86 valence electrons.